The molecule has 27 heavy (non-hydrogen) atoms. The molecule has 0 bridgehead atoms. The Morgan fingerprint density at radius 1 is 0.926 bits per heavy atom. The number of benzene rings is 2. The summed E-state index contributed by atoms with van der Waals surface area (Å²) in [5.74, 6) is -0.218. The normalized spacial score (nSPS) is 12.9. The number of hydrogen-bond acceptors (Lipinski definition) is 2. The van der Waals surface area contributed by atoms with Crippen molar-refractivity contribution in [2.75, 3.05) is 5.32 Å². The van der Waals surface area contributed by atoms with E-state index in [1.165, 1.54) is 0 Å². The molecule has 0 heterocycles. The molecule has 0 saturated carbocycles. The van der Waals surface area contributed by atoms with Gasteiger partial charge in [0.2, 0.25) is 5.91 Å². The monoisotopic (exact) mass is 431 g/mol. The summed E-state index contributed by atoms with van der Waals surface area (Å²) in [7, 11) is 0. The molecule has 3 N–H and O–H groups in total. The molecule has 6 heteroatoms. The maximum Gasteiger partial charge on any atom is 0.319 e. The van der Waals surface area contributed by atoms with Crippen LogP contribution in [0.25, 0.3) is 0 Å². The van der Waals surface area contributed by atoms with E-state index >= 15 is 0 Å². The van der Waals surface area contributed by atoms with E-state index in [0.717, 1.165) is 16.5 Å². The summed E-state index contributed by atoms with van der Waals surface area (Å²) in [6.45, 7) is 5.78. The van der Waals surface area contributed by atoms with Gasteiger partial charge in [-0.2, -0.15) is 0 Å². The second-order valence-corrected chi connectivity index (χ2v) is 7.84. The second-order valence-electron chi connectivity index (χ2n) is 6.93. The molecule has 144 valence electrons. The van der Waals surface area contributed by atoms with Gasteiger partial charge in [0.05, 0.1) is 0 Å². The summed E-state index contributed by atoms with van der Waals surface area (Å²) in [4.78, 5) is 24.9. The van der Waals surface area contributed by atoms with Crippen molar-refractivity contribution in [1.29, 1.82) is 0 Å². The molecular weight excluding hydrogens is 406 g/mol. The molecule has 3 amide bonds. The third kappa shape index (κ3) is 7.06. The number of para-hydroxylation sites is 1. The summed E-state index contributed by atoms with van der Waals surface area (Å²) in [6.07, 6.45) is 0.722. The van der Waals surface area contributed by atoms with Crippen molar-refractivity contribution in [3.63, 3.8) is 0 Å². The zero-order chi connectivity index (χ0) is 19.8. The third-order valence-electron chi connectivity index (χ3n) is 4.11. The van der Waals surface area contributed by atoms with E-state index in [0.29, 0.717) is 5.69 Å². The van der Waals surface area contributed by atoms with Crippen LogP contribution in [0.5, 0.6) is 0 Å². The molecule has 0 aromatic heterocycles. The molecule has 0 fully saturated rings. The van der Waals surface area contributed by atoms with Gasteiger partial charge in [-0.25, -0.2) is 4.79 Å². The highest BCUT2D eigenvalue weighted by atomic mass is 79.9. The number of nitrogens with one attached hydrogen (secondary N) is 3. The van der Waals surface area contributed by atoms with Crippen LogP contribution in [0.3, 0.4) is 0 Å². The van der Waals surface area contributed by atoms with Crippen LogP contribution in [0.1, 0.15) is 26.3 Å². The number of carbonyl (C=O) groups is 2. The predicted octanol–water partition coefficient (Wildman–Crippen LogP) is 4.34. The van der Waals surface area contributed by atoms with Crippen molar-refractivity contribution in [3.05, 3.63) is 64.6 Å². The van der Waals surface area contributed by atoms with E-state index < -0.39 is 12.1 Å². The standard InChI is InChI=1S/C21H26BrN3O2/c1-14(2)19(25-21(27)24-18-7-5-4-6-8-18)20(26)23-15(3)13-16-9-11-17(22)12-10-16/h4-12,14-15,19H,13H2,1-3H3,(H,23,26)(H2,24,25,27). The highest BCUT2D eigenvalue weighted by molar-refractivity contribution is 9.10. The lowest BCUT2D eigenvalue weighted by Gasteiger charge is -2.24. The summed E-state index contributed by atoms with van der Waals surface area (Å²) in [5.41, 5.74) is 1.82. The van der Waals surface area contributed by atoms with E-state index in [9.17, 15) is 9.59 Å². The minimum atomic E-state index is -0.610. The Bertz CT molecular complexity index is 748. The van der Waals surface area contributed by atoms with E-state index in [2.05, 4.69) is 31.9 Å². The van der Waals surface area contributed by atoms with Crippen LogP contribution < -0.4 is 16.0 Å². The molecule has 5 nitrogen and oxygen atoms in total. The largest absolute Gasteiger partial charge is 0.352 e. The van der Waals surface area contributed by atoms with Crippen LogP contribution in [0, 0.1) is 5.92 Å². The minimum absolute atomic E-state index is 0.0357. The first-order valence-corrected chi connectivity index (χ1v) is 9.82. The fourth-order valence-electron chi connectivity index (χ4n) is 2.72. The topological polar surface area (TPSA) is 70.2 Å². The van der Waals surface area contributed by atoms with Crippen molar-refractivity contribution in [3.8, 4) is 0 Å². The van der Waals surface area contributed by atoms with Crippen molar-refractivity contribution >= 4 is 33.6 Å². The van der Waals surface area contributed by atoms with E-state index in [1.807, 2.05) is 63.2 Å². The maximum atomic E-state index is 12.7. The lowest BCUT2D eigenvalue weighted by molar-refractivity contribution is -0.124. The molecule has 0 aliphatic rings. The molecule has 2 aromatic rings. The quantitative estimate of drug-likeness (QED) is 0.609. The summed E-state index contributed by atoms with van der Waals surface area (Å²) in [6, 6.07) is 16.1. The molecule has 0 radical (unpaired) electrons. The Kier molecular flexibility index (Phi) is 7.85. The number of hydrogen-bond donors (Lipinski definition) is 3. The van der Waals surface area contributed by atoms with Gasteiger partial charge in [-0.1, -0.05) is 60.1 Å². The molecule has 2 rings (SSSR count). The first kappa shape index (κ1) is 21.0. The number of urea groups is 1. The average molecular weight is 432 g/mol. The summed E-state index contributed by atoms with van der Waals surface area (Å²) in [5, 5.41) is 8.52. The van der Waals surface area contributed by atoms with Gasteiger partial charge in [-0.05, 0) is 49.1 Å². The lowest BCUT2D eigenvalue weighted by atomic mass is 10.0. The molecule has 0 saturated heterocycles. The van der Waals surface area contributed by atoms with E-state index in [-0.39, 0.29) is 17.9 Å². The number of amides is 3. The van der Waals surface area contributed by atoms with Gasteiger partial charge in [0, 0.05) is 16.2 Å². The zero-order valence-electron chi connectivity index (χ0n) is 15.8. The Morgan fingerprint density at radius 3 is 2.15 bits per heavy atom. The number of carbonyl (C=O) groups excluding carboxylic acids is 2. The van der Waals surface area contributed by atoms with Crippen LogP contribution in [-0.2, 0) is 11.2 Å². The van der Waals surface area contributed by atoms with Gasteiger partial charge in [0.25, 0.3) is 0 Å². The first-order valence-electron chi connectivity index (χ1n) is 9.02. The van der Waals surface area contributed by atoms with Crippen LogP contribution in [-0.4, -0.2) is 24.0 Å². The maximum absolute atomic E-state index is 12.7. The summed E-state index contributed by atoms with van der Waals surface area (Å²) < 4.78 is 1.02. The molecule has 2 aromatic carbocycles. The van der Waals surface area contributed by atoms with Gasteiger partial charge < -0.3 is 16.0 Å². The van der Waals surface area contributed by atoms with E-state index in [4.69, 9.17) is 0 Å². The van der Waals surface area contributed by atoms with Crippen LogP contribution in [0.2, 0.25) is 0 Å². The van der Waals surface area contributed by atoms with Crippen molar-refractivity contribution in [2.24, 2.45) is 5.92 Å². The number of halogens is 1. The van der Waals surface area contributed by atoms with Gasteiger partial charge in [0.15, 0.2) is 0 Å². The SMILES string of the molecule is CC(Cc1ccc(Br)cc1)NC(=O)C(NC(=O)Nc1ccccc1)C(C)C. The fraction of sp³-hybridized carbons (Fsp3) is 0.333. The van der Waals surface area contributed by atoms with E-state index in [1.54, 1.807) is 12.1 Å². The first-order chi connectivity index (χ1) is 12.8. The molecule has 0 aliphatic carbocycles. The molecule has 0 spiro atoms. The number of anilines is 1. The Balaban J connectivity index is 1.91. The van der Waals surface area contributed by atoms with Gasteiger partial charge >= 0.3 is 6.03 Å². The zero-order valence-corrected chi connectivity index (χ0v) is 17.4. The fourth-order valence-corrected chi connectivity index (χ4v) is 2.99. The Hall–Kier alpha value is -2.34. The smallest absolute Gasteiger partial charge is 0.319 e. The van der Waals surface area contributed by atoms with Crippen LogP contribution in [0.4, 0.5) is 10.5 Å². The van der Waals surface area contributed by atoms with Crippen molar-refractivity contribution in [1.82, 2.24) is 10.6 Å². The van der Waals surface area contributed by atoms with Gasteiger partial charge in [-0.3, -0.25) is 4.79 Å². The van der Waals surface area contributed by atoms with Crippen molar-refractivity contribution in [2.45, 2.75) is 39.3 Å². The Morgan fingerprint density at radius 2 is 1.56 bits per heavy atom. The predicted molar refractivity (Wildman–Crippen MR) is 113 cm³/mol. The Labute approximate surface area is 169 Å². The van der Waals surface area contributed by atoms with Crippen molar-refractivity contribution < 1.29 is 9.59 Å². The molecule has 0 aliphatic heterocycles. The highest BCUT2D eigenvalue weighted by Crippen LogP contribution is 2.12. The minimum Gasteiger partial charge on any atom is -0.352 e. The van der Waals surface area contributed by atoms with Crippen LogP contribution >= 0.6 is 15.9 Å². The molecular formula is C21H26BrN3O2. The average Bonchev–Trinajstić information content (AvgIpc) is 2.62. The third-order valence-corrected chi connectivity index (χ3v) is 4.64. The van der Waals surface area contributed by atoms with Gasteiger partial charge in [-0.15, -0.1) is 0 Å². The second kappa shape index (κ2) is 10.1. The molecule has 2 atom stereocenters. The van der Waals surface area contributed by atoms with Gasteiger partial charge in [0.1, 0.15) is 6.04 Å². The van der Waals surface area contributed by atoms with Crippen LogP contribution in [0.15, 0.2) is 59.1 Å². The molecule has 2 unspecified atom stereocenters. The highest BCUT2D eigenvalue weighted by Gasteiger charge is 2.25. The number of rotatable bonds is 7. The summed E-state index contributed by atoms with van der Waals surface area (Å²) >= 11 is 3.42. The lowest BCUT2D eigenvalue weighted by Crippen LogP contribution is -2.52.